The minimum atomic E-state index is -4.04. The van der Waals surface area contributed by atoms with Crippen molar-refractivity contribution < 1.29 is 18.3 Å². The predicted molar refractivity (Wildman–Crippen MR) is 140 cm³/mol. The zero-order valence-electron chi connectivity index (χ0n) is 21.2. The van der Waals surface area contributed by atoms with Gasteiger partial charge in [-0.25, -0.2) is 22.6 Å². The van der Waals surface area contributed by atoms with E-state index in [0.29, 0.717) is 46.9 Å². The van der Waals surface area contributed by atoms with Gasteiger partial charge in [-0.3, -0.25) is 4.79 Å². The van der Waals surface area contributed by atoms with Crippen LogP contribution in [0.1, 0.15) is 50.4 Å². The van der Waals surface area contributed by atoms with Crippen LogP contribution in [0.15, 0.2) is 58.2 Å². The Morgan fingerprint density at radius 2 is 1.89 bits per heavy atom. The molecule has 11 heteroatoms. The fraction of sp³-hybridized carbons (Fsp3) is 0.346. The molecule has 0 aliphatic rings. The van der Waals surface area contributed by atoms with Gasteiger partial charge in [-0.1, -0.05) is 37.3 Å². The van der Waals surface area contributed by atoms with Crippen molar-refractivity contribution in [2.24, 2.45) is 0 Å². The third-order valence-electron chi connectivity index (χ3n) is 5.99. The van der Waals surface area contributed by atoms with Gasteiger partial charge in [-0.2, -0.15) is 0 Å². The number of aromatic amines is 1. The molecule has 2 atom stereocenters. The summed E-state index contributed by atoms with van der Waals surface area (Å²) in [4.78, 5) is 20.1. The highest BCUT2D eigenvalue weighted by molar-refractivity contribution is 7.89. The van der Waals surface area contributed by atoms with E-state index in [1.165, 1.54) is 22.7 Å². The molecule has 0 amide bonds. The van der Waals surface area contributed by atoms with Gasteiger partial charge in [0.25, 0.3) is 5.56 Å². The van der Waals surface area contributed by atoms with E-state index in [2.05, 4.69) is 19.8 Å². The van der Waals surface area contributed by atoms with Crippen molar-refractivity contribution in [3.63, 3.8) is 0 Å². The van der Waals surface area contributed by atoms with Crippen molar-refractivity contribution >= 4 is 15.5 Å². The second-order valence-corrected chi connectivity index (χ2v) is 10.5. The maximum absolute atomic E-state index is 13.3. The number of nitrogens with zero attached hydrogens (tertiary/aromatic N) is 3. The first-order valence-corrected chi connectivity index (χ1v) is 13.7. The lowest BCUT2D eigenvalue weighted by atomic mass is 10.0. The SMILES string of the molecule is CCCc1nc(C)c2c(=O)[nH]c(-c3cc(S(=O)(=O)NC(C)C(O)c4ccccc4)ccc3OCC)nn12. The summed E-state index contributed by atoms with van der Waals surface area (Å²) in [5, 5.41) is 15.2. The van der Waals surface area contributed by atoms with Crippen LogP contribution in [0.2, 0.25) is 0 Å². The van der Waals surface area contributed by atoms with Gasteiger partial charge in [0.1, 0.15) is 11.6 Å². The van der Waals surface area contributed by atoms with Gasteiger partial charge in [0.2, 0.25) is 10.0 Å². The highest BCUT2D eigenvalue weighted by atomic mass is 32.2. The number of hydrogen-bond acceptors (Lipinski definition) is 7. The van der Waals surface area contributed by atoms with Crippen LogP contribution < -0.4 is 15.0 Å². The fourth-order valence-electron chi connectivity index (χ4n) is 4.20. The third kappa shape index (κ3) is 5.43. The van der Waals surface area contributed by atoms with Crippen LogP contribution in [0.5, 0.6) is 5.75 Å². The van der Waals surface area contributed by atoms with Gasteiger partial charge >= 0.3 is 0 Å². The van der Waals surface area contributed by atoms with E-state index in [1.54, 1.807) is 45.0 Å². The molecule has 37 heavy (non-hydrogen) atoms. The number of nitrogens with one attached hydrogen (secondary N) is 2. The van der Waals surface area contributed by atoms with Gasteiger partial charge < -0.3 is 14.8 Å². The molecule has 2 heterocycles. The number of fused-ring (bicyclic) bond motifs is 1. The number of benzene rings is 2. The molecule has 10 nitrogen and oxygen atoms in total. The molecule has 3 N–H and O–H groups in total. The molecular formula is C26H31N5O5S. The number of aliphatic hydroxyl groups is 1. The smallest absolute Gasteiger partial charge is 0.277 e. The Kier molecular flexibility index (Phi) is 7.76. The lowest BCUT2D eigenvalue weighted by Crippen LogP contribution is -2.37. The summed E-state index contributed by atoms with van der Waals surface area (Å²) in [5.41, 5.74) is 1.44. The second-order valence-electron chi connectivity index (χ2n) is 8.78. The number of H-pyrrole nitrogens is 1. The molecule has 0 spiro atoms. The van der Waals surface area contributed by atoms with E-state index in [9.17, 15) is 18.3 Å². The lowest BCUT2D eigenvalue weighted by Gasteiger charge is -2.21. The molecule has 2 aromatic heterocycles. The van der Waals surface area contributed by atoms with Gasteiger partial charge in [-0.05, 0) is 51.0 Å². The maximum Gasteiger partial charge on any atom is 0.277 e. The van der Waals surface area contributed by atoms with Crippen molar-refractivity contribution in [2.45, 2.75) is 57.6 Å². The number of aryl methyl sites for hydroxylation is 2. The molecule has 0 fully saturated rings. The van der Waals surface area contributed by atoms with E-state index in [1.807, 2.05) is 13.0 Å². The summed E-state index contributed by atoms with van der Waals surface area (Å²) in [6.45, 7) is 7.49. The van der Waals surface area contributed by atoms with Gasteiger partial charge in [0.15, 0.2) is 11.3 Å². The minimum Gasteiger partial charge on any atom is -0.493 e. The lowest BCUT2D eigenvalue weighted by molar-refractivity contribution is 0.146. The number of imidazole rings is 1. The van der Waals surface area contributed by atoms with Gasteiger partial charge in [0, 0.05) is 12.5 Å². The zero-order chi connectivity index (χ0) is 26.7. The second kappa shape index (κ2) is 10.8. The molecule has 2 unspecified atom stereocenters. The average Bonchev–Trinajstić information content (AvgIpc) is 3.19. The van der Waals surface area contributed by atoms with Crippen LogP contribution in [0.25, 0.3) is 16.9 Å². The molecule has 4 aromatic rings. The molecule has 0 aliphatic heterocycles. The number of hydrogen-bond donors (Lipinski definition) is 3. The summed E-state index contributed by atoms with van der Waals surface area (Å²) in [6, 6.07) is 12.4. The van der Waals surface area contributed by atoms with Crippen molar-refractivity contribution in [3.8, 4) is 17.1 Å². The van der Waals surface area contributed by atoms with Crippen molar-refractivity contribution in [1.29, 1.82) is 0 Å². The average molecular weight is 526 g/mol. The summed E-state index contributed by atoms with van der Waals surface area (Å²) >= 11 is 0. The molecule has 0 radical (unpaired) electrons. The van der Waals surface area contributed by atoms with Crippen LogP contribution in [0.4, 0.5) is 0 Å². The number of rotatable bonds is 10. The number of aliphatic hydroxyl groups excluding tert-OH is 1. The molecule has 0 saturated heterocycles. The fourth-order valence-corrected chi connectivity index (χ4v) is 5.48. The number of sulfonamides is 1. The molecule has 0 bridgehead atoms. The van der Waals surface area contributed by atoms with Crippen LogP contribution in [-0.4, -0.2) is 45.8 Å². The van der Waals surface area contributed by atoms with E-state index >= 15 is 0 Å². The van der Waals surface area contributed by atoms with E-state index < -0.39 is 22.2 Å². The molecule has 4 rings (SSSR count). The third-order valence-corrected chi connectivity index (χ3v) is 7.55. The Hall–Kier alpha value is -3.54. The highest BCUT2D eigenvalue weighted by Crippen LogP contribution is 2.31. The first-order valence-electron chi connectivity index (χ1n) is 12.2. The highest BCUT2D eigenvalue weighted by Gasteiger charge is 2.25. The Morgan fingerprint density at radius 3 is 2.57 bits per heavy atom. The summed E-state index contributed by atoms with van der Waals surface area (Å²) in [6.07, 6.45) is 0.405. The van der Waals surface area contributed by atoms with Gasteiger partial charge in [-0.15, -0.1) is 5.10 Å². The van der Waals surface area contributed by atoms with Crippen LogP contribution in [0, 0.1) is 6.92 Å². The molecule has 2 aromatic carbocycles. The quantitative estimate of drug-likeness (QED) is 0.289. The maximum atomic E-state index is 13.3. The summed E-state index contributed by atoms with van der Waals surface area (Å²) in [5.74, 6) is 1.18. The molecular weight excluding hydrogens is 494 g/mol. The molecule has 0 aliphatic carbocycles. The first-order chi connectivity index (χ1) is 17.7. The Morgan fingerprint density at radius 1 is 1.16 bits per heavy atom. The summed E-state index contributed by atoms with van der Waals surface area (Å²) in [7, 11) is -4.04. The van der Waals surface area contributed by atoms with Crippen molar-refractivity contribution in [2.75, 3.05) is 6.61 Å². The molecule has 0 saturated carbocycles. The zero-order valence-corrected chi connectivity index (χ0v) is 22.0. The summed E-state index contributed by atoms with van der Waals surface area (Å²) < 4.78 is 36.4. The largest absolute Gasteiger partial charge is 0.493 e. The van der Waals surface area contributed by atoms with Crippen LogP contribution in [0.3, 0.4) is 0 Å². The Bertz CT molecular complexity index is 1560. The monoisotopic (exact) mass is 525 g/mol. The Labute approximate surface area is 215 Å². The predicted octanol–water partition coefficient (Wildman–Crippen LogP) is 3.14. The van der Waals surface area contributed by atoms with E-state index in [4.69, 9.17) is 4.74 Å². The van der Waals surface area contributed by atoms with E-state index in [0.717, 1.165) is 6.42 Å². The molecule has 196 valence electrons. The normalized spacial score (nSPS) is 13.5. The first kappa shape index (κ1) is 26.5. The van der Waals surface area contributed by atoms with Gasteiger partial charge in [0.05, 0.1) is 28.9 Å². The van der Waals surface area contributed by atoms with Crippen LogP contribution >= 0.6 is 0 Å². The van der Waals surface area contributed by atoms with Crippen molar-refractivity contribution in [3.05, 3.63) is 76.0 Å². The van der Waals surface area contributed by atoms with Crippen molar-refractivity contribution in [1.82, 2.24) is 24.3 Å². The number of ether oxygens (including phenoxy) is 1. The minimum absolute atomic E-state index is 0.0589. The van der Waals surface area contributed by atoms with Crippen LogP contribution in [-0.2, 0) is 16.4 Å². The standard InChI is InChI=1S/C26H31N5O5S/c1-5-10-22-27-16(3)23-26(33)28-25(29-31(22)23)20-15-19(13-14-21(20)36-6-2)37(34,35)30-17(4)24(32)18-11-8-7-9-12-18/h7-9,11-15,17,24,30,32H,5-6,10H2,1-4H3,(H,28,29,33). The number of aromatic nitrogens is 4. The Balaban J connectivity index is 1.76. The topological polar surface area (TPSA) is 139 Å². The van der Waals surface area contributed by atoms with E-state index in [-0.39, 0.29) is 16.3 Å².